The molecular weight excluding hydrogens is 382 g/mol. The molecule has 6 nitrogen and oxygen atoms in total. The van der Waals surface area contributed by atoms with E-state index in [0.717, 1.165) is 44.8 Å². The van der Waals surface area contributed by atoms with Gasteiger partial charge in [-0.15, -0.1) is 10.2 Å². The maximum atomic E-state index is 12.9. The first-order valence-electron chi connectivity index (χ1n) is 10.6. The minimum absolute atomic E-state index is 0.165. The van der Waals surface area contributed by atoms with Crippen LogP contribution in [0.2, 0.25) is 0 Å². The number of hydrogen-bond donors (Lipinski definition) is 1. The Bertz CT molecular complexity index is 1060. The fourth-order valence-electron chi connectivity index (χ4n) is 6.61. The Morgan fingerprint density at radius 1 is 1.17 bits per heavy atom. The van der Waals surface area contributed by atoms with Crippen molar-refractivity contribution in [3.8, 4) is 10.6 Å². The van der Waals surface area contributed by atoms with Crippen LogP contribution in [0.3, 0.4) is 0 Å². The van der Waals surface area contributed by atoms with Crippen LogP contribution in [0.5, 0.6) is 0 Å². The predicted molar refractivity (Wildman–Crippen MR) is 113 cm³/mol. The standard InChI is InChI=1S/C22H25N5OS/c1-13-24-25-21-27(13)26-20(29-21)17-3-2-4-18(8-17)23-19(28)12-22-9-14-5-15(10-22)7-16(6-14)11-22/h2-4,8,14-16H,5-7,9-12H2,1H3,(H,23,28). The molecule has 0 saturated heterocycles. The fourth-order valence-corrected chi connectivity index (χ4v) is 7.49. The summed E-state index contributed by atoms with van der Waals surface area (Å²) in [5.41, 5.74) is 2.11. The number of amides is 1. The van der Waals surface area contributed by atoms with E-state index in [1.54, 1.807) is 4.52 Å². The number of benzene rings is 1. The molecule has 4 aliphatic carbocycles. The summed E-state index contributed by atoms with van der Waals surface area (Å²) in [7, 11) is 0. The highest BCUT2D eigenvalue weighted by Crippen LogP contribution is 2.61. The van der Waals surface area contributed by atoms with E-state index >= 15 is 0 Å². The Hall–Kier alpha value is -2.28. The summed E-state index contributed by atoms with van der Waals surface area (Å²) in [6.07, 6.45) is 8.70. The highest BCUT2D eigenvalue weighted by Gasteiger charge is 2.51. The van der Waals surface area contributed by atoms with Crippen molar-refractivity contribution >= 4 is 27.9 Å². The number of hydrogen-bond acceptors (Lipinski definition) is 5. The number of nitrogens with one attached hydrogen (secondary N) is 1. The lowest BCUT2D eigenvalue weighted by molar-refractivity contribution is -0.124. The molecule has 0 unspecified atom stereocenters. The third kappa shape index (κ3) is 3.06. The molecule has 1 aromatic carbocycles. The number of carbonyl (C=O) groups is 1. The van der Waals surface area contributed by atoms with Crippen molar-refractivity contribution < 1.29 is 4.79 Å². The van der Waals surface area contributed by atoms with E-state index in [9.17, 15) is 4.79 Å². The minimum Gasteiger partial charge on any atom is -0.326 e. The summed E-state index contributed by atoms with van der Waals surface area (Å²) in [6.45, 7) is 1.89. The molecule has 0 spiro atoms. The molecule has 1 amide bonds. The van der Waals surface area contributed by atoms with Gasteiger partial charge in [-0.05, 0) is 80.8 Å². The van der Waals surface area contributed by atoms with Crippen LogP contribution in [0.1, 0.15) is 50.8 Å². The molecule has 4 fully saturated rings. The molecule has 0 aliphatic heterocycles. The number of carbonyl (C=O) groups excluding carboxylic acids is 1. The van der Waals surface area contributed by atoms with Crippen molar-refractivity contribution in [3.63, 3.8) is 0 Å². The smallest absolute Gasteiger partial charge is 0.234 e. The normalized spacial score (nSPS) is 30.2. The average Bonchev–Trinajstić information content (AvgIpc) is 3.22. The van der Waals surface area contributed by atoms with Gasteiger partial charge in [0.25, 0.3) is 0 Å². The minimum atomic E-state index is 0.165. The van der Waals surface area contributed by atoms with Gasteiger partial charge in [-0.2, -0.15) is 9.61 Å². The lowest BCUT2D eigenvalue weighted by Crippen LogP contribution is -2.47. The number of rotatable bonds is 4. The van der Waals surface area contributed by atoms with E-state index in [0.29, 0.717) is 6.42 Å². The zero-order valence-electron chi connectivity index (χ0n) is 16.6. The van der Waals surface area contributed by atoms with Crippen LogP contribution < -0.4 is 5.32 Å². The van der Waals surface area contributed by atoms with Gasteiger partial charge < -0.3 is 5.32 Å². The molecule has 150 valence electrons. The van der Waals surface area contributed by atoms with Crippen LogP contribution in [0, 0.1) is 30.1 Å². The Kier molecular flexibility index (Phi) is 3.85. The highest BCUT2D eigenvalue weighted by atomic mass is 32.1. The van der Waals surface area contributed by atoms with Crippen LogP contribution in [0.15, 0.2) is 24.3 Å². The van der Waals surface area contributed by atoms with Crippen LogP contribution in [0.25, 0.3) is 15.5 Å². The summed E-state index contributed by atoms with van der Waals surface area (Å²) in [5, 5.41) is 16.8. The molecule has 29 heavy (non-hydrogen) atoms. The van der Waals surface area contributed by atoms with E-state index in [1.807, 2.05) is 31.2 Å². The van der Waals surface area contributed by atoms with Crippen LogP contribution in [-0.4, -0.2) is 25.7 Å². The number of aryl methyl sites for hydroxylation is 1. The average molecular weight is 408 g/mol. The second-order valence-corrected chi connectivity index (χ2v) is 10.5. The summed E-state index contributed by atoms with van der Waals surface area (Å²) in [6, 6.07) is 7.98. The van der Waals surface area contributed by atoms with Crippen molar-refractivity contribution in [2.45, 2.75) is 51.9 Å². The number of aromatic nitrogens is 4. The lowest BCUT2D eigenvalue weighted by atomic mass is 9.49. The molecule has 1 N–H and O–H groups in total. The molecule has 7 heteroatoms. The molecule has 4 bridgehead atoms. The Balaban J connectivity index is 1.19. The van der Waals surface area contributed by atoms with Crippen LogP contribution in [0.4, 0.5) is 5.69 Å². The van der Waals surface area contributed by atoms with Crippen molar-refractivity contribution in [1.29, 1.82) is 0 Å². The largest absolute Gasteiger partial charge is 0.326 e. The Morgan fingerprint density at radius 2 is 1.90 bits per heavy atom. The molecule has 0 radical (unpaired) electrons. The third-order valence-corrected chi connectivity index (χ3v) is 8.19. The van der Waals surface area contributed by atoms with Crippen molar-refractivity contribution in [3.05, 3.63) is 30.1 Å². The van der Waals surface area contributed by atoms with Crippen molar-refractivity contribution in [1.82, 2.24) is 19.8 Å². The van der Waals surface area contributed by atoms with Gasteiger partial charge in [0.05, 0.1) is 0 Å². The summed E-state index contributed by atoms with van der Waals surface area (Å²) in [5.74, 6) is 3.57. The highest BCUT2D eigenvalue weighted by molar-refractivity contribution is 7.19. The quantitative estimate of drug-likeness (QED) is 0.680. The molecular formula is C22H25N5OS. The van der Waals surface area contributed by atoms with E-state index in [2.05, 4.69) is 20.6 Å². The molecule has 7 rings (SSSR count). The molecule has 0 atom stereocenters. The SMILES string of the molecule is Cc1nnc2sc(-c3cccc(NC(=O)CC45CC6CC(CC(C6)C4)C5)c3)nn12. The summed E-state index contributed by atoms with van der Waals surface area (Å²) in [4.78, 5) is 13.7. The Labute approximate surface area is 173 Å². The van der Waals surface area contributed by atoms with Gasteiger partial charge in [0.15, 0.2) is 5.82 Å². The second kappa shape index (κ2) is 6.36. The monoisotopic (exact) mass is 407 g/mol. The number of nitrogens with zero attached hydrogens (tertiary/aromatic N) is 4. The molecule has 2 heterocycles. The summed E-state index contributed by atoms with van der Waals surface area (Å²) < 4.78 is 1.76. The topological polar surface area (TPSA) is 72.2 Å². The molecule has 4 aliphatic rings. The van der Waals surface area contributed by atoms with Gasteiger partial charge in [0.1, 0.15) is 5.01 Å². The first-order valence-corrected chi connectivity index (χ1v) is 11.5. The maximum absolute atomic E-state index is 12.9. The zero-order valence-corrected chi connectivity index (χ0v) is 17.4. The lowest BCUT2D eigenvalue weighted by Gasteiger charge is -2.56. The maximum Gasteiger partial charge on any atom is 0.234 e. The van der Waals surface area contributed by atoms with E-state index < -0.39 is 0 Å². The van der Waals surface area contributed by atoms with Gasteiger partial charge in [0, 0.05) is 17.7 Å². The van der Waals surface area contributed by atoms with E-state index in [1.165, 1.54) is 49.9 Å². The third-order valence-electron chi connectivity index (χ3n) is 7.24. The zero-order chi connectivity index (χ0) is 19.6. The van der Waals surface area contributed by atoms with E-state index in [4.69, 9.17) is 0 Å². The second-order valence-electron chi connectivity index (χ2n) is 9.57. The van der Waals surface area contributed by atoms with Gasteiger partial charge >= 0.3 is 0 Å². The summed E-state index contributed by atoms with van der Waals surface area (Å²) >= 11 is 1.51. The van der Waals surface area contributed by atoms with Gasteiger partial charge in [0.2, 0.25) is 10.9 Å². The van der Waals surface area contributed by atoms with Crippen LogP contribution in [-0.2, 0) is 4.79 Å². The van der Waals surface area contributed by atoms with Gasteiger partial charge in [-0.3, -0.25) is 4.79 Å². The van der Waals surface area contributed by atoms with Crippen molar-refractivity contribution in [2.24, 2.45) is 23.2 Å². The number of fused-ring (bicyclic) bond motifs is 1. The molecule has 2 aromatic heterocycles. The van der Waals surface area contributed by atoms with E-state index in [-0.39, 0.29) is 11.3 Å². The van der Waals surface area contributed by atoms with Crippen LogP contribution >= 0.6 is 11.3 Å². The van der Waals surface area contributed by atoms with Gasteiger partial charge in [-0.25, -0.2) is 0 Å². The first-order chi connectivity index (χ1) is 14.1. The number of anilines is 1. The van der Waals surface area contributed by atoms with Crippen molar-refractivity contribution in [2.75, 3.05) is 5.32 Å². The first kappa shape index (κ1) is 17.6. The Morgan fingerprint density at radius 3 is 2.59 bits per heavy atom. The predicted octanol–water partition coefficient (Wildman–Crippen LogP) is 4.71. The van der Waals surface area contributed by atoms with Gasteiger partial charge in [-0.1, -0.05) is 23.5 Å². The molecule has 4 saturated carbocycles. The molecule has 3 aromatic rings. The fraction of sp³-hybridized carbons (Fsp3) is 0.545.